The number of ether oxygens (including phenoxy) is 1. The van der Waals surface area contributed by atoms with Gasteiger partial charge in [-0.25, -0.2) is 0 Å². The molecule has 2 nitrogen and oxygen atoms in total. The molecule has 0 radical (unpaired) electrons. The molecule has 0 N–H and O–H groups in total. The predicted octanol–water partition coefficient (Wildman–Crippen LogP) is 5.11. The molecule has 0 aromatic heterocycles. The fourth-order valence-electron chi connectivity index (χ4n) is 3.97. The zero-order valence-electron chi connectivity index (χ0n) is 14.4. The molecular formula is C20H32O2. The Bertz CT molecular complexity index is 388. The van der Waals surface area contributed by atoms with Gasteiger partial charge in [-0.2, -0.15) is 0 Å². The van der Waals surface area contributed by atoms with E-state index in [0.29, 0.717) is 5.92 Å². The zero-order valence-corrected chi connectivity index (χ0v) is 14.4. The average Bonchev–Trinajstić information content (AvgIpc) is 2.55. The molecule has 0 saturated heterocycles. The molecule has 0 atom stereocenters. The number of carbonyl (C=O) groups is 1. The lowest BCUT2D eigenvalue weighted by molar-refractivity contribution is -0.157. The van der Waals surface area contributed by atoms with Gasteiger partial charge in [-0.3, -0.25) is 4.79 Å². The first-order chi connectivity index (χ1) is 10.7. The van der Waals surface area contributed by atoms with E-state index in [-0.39, 0.29) is 18.0 Å². The fourth-order valence-corrected chi connectivity index (χ4v) is 3.97. The third kappa shape index (κ3) is 5.34. The van der Waals surface area contributed by atoms with Gasteiger partial charge in [0.15, 0.2) is 0 Å². The van der Waals surface area contributed by atoms with Gasteiger partial charge in [0.1, 0.15) is 6.10 Å². The standard InChI is InChI=1S/C20H32O2/c1-3-5-7-17-8-12-18(13-9-17)20(21)22-19-14-10-16(6-4-2)11-15-19/h16-19H,3,5,7-15H2,1-2H3. The summed E-state index contributed by atoms with van der Waals surface area (Å²) in [5.74, 6) is 7.89. The molecule has 2 saturated carbocycles. The second-order valence-corrected chi connectivity index (χ2v) is 7.16. The lowest BCUT2D eigenvalue weighted by Crippen LogP contribution is -2.30. The van der Waals surface area contributed by atoms with Crippen LogP contribution < -0.4 is 0 Å². The van der Waals surface area contributed by atoms with Crippen LogP contribution in [0.3, 0.4) is 0 Å². The minimum Gasteiger partial charge on any atom is -0.462 e. The van der Waals surface area contributed by atoms with E-state index in [2.05, 4.69) is 18.8 Å². The summed E-state index contributed by atoms with van der Waals surface area (Å²) < 4.78 is 5.79. The van der Waals surface area contributed by atoms with Crippen molar-refractivity contribution in [2.45, 2.75) is 90.6 Å². The SMILES string of the molecule is CC#CC1CCC(OC(=O)C2CCC(CCCC)CC2)CC1. The molecule has 2 rings (SSSR count). The average molecular weight is 304 g/mol. The summed E-state index contributed by atoms with van der Waals surface area (Å²) in [6.45, 7) is 4.16. The maximum atomic E-state index is 12.3. The highest BCUT2D eigenvalue weighted by molar-refractivity contribution is 5.72. The molecule has 0 bridgehead atoms. The van der Waals surface area contributed by atoms with Crippen LogP contribution in [0.2, 0.25) is 0 Å². The lowest BCUT2D eigenvalue weighted by Gasteiger charge is -2.30. The van der Waals surface area contributed by atoms with Gasteiger partial charge in [0.05, 0.1) is 5.92 Å². The van der Waals surface area contributed by atoms with Crippen molar-refractivity contribution in [1.82, 2.24) is 0 Å². The molecule has 0 unspecified atom stereocenters. The van der Waals surface area contributed by atoms with Gasteiger partial charge >= 0.3 is 5.97 Å². The van der Waals surface area contributed by atoms with E-state index in [1.54, 1.807) is 0 Å². The van der Waals surface area contributed by atoms with E-state index >= 15 is 0 Å². The minimum atomic E-state index is 0.0824. The number of hydrogen-bond donors (Lipinski definition) is 0. The van der Waals surface area contributed by atoms with E-state index in [9.17, 15) is 4.79 Å². The maximum absolute atomic E-state index is 12.3. The third-order valence-electron chi connectivity index (χ3n) is 5.45. The topological polar surface area (TPSA) is 26.3 Å². The van der Waals surface area contributed by atoms with Crippen LogP contribution in [0.1, 0.15) is 84.5 Å². The van der Waals surface area contributed by atoms with Crippen molar-refractivity contribution in [3.8, 4) is 11.8 Å². The Labute approximate surface area is 136 Å². The number of unbranched alkanes of at least 4 members (excludes halogenated alkanes) is 1. The summed E-state index contributed by atoms with van der Waals surface area (Å²) in [5, 5.41) is 0. The first kappa shape index (κ1) is 17.4. The van der Waals surface area contributed by atoms with E-state index in [1.807, 2.05) is 6.92 Å². The van der Waals surface area contributed by atoms with Crippen LogP contribution in [0.15, 0.2) is 0 Å². The molecule has 0 aromatic rings. The van der Waals surface area contributed by atoms with E-state index < -0.39 is 0 Å². The van der Waals surface area contributed by atoms with Crippen LogP contribution in [0.5, 0.6) is 0 Å². The van der Waals surface area contributed by atoms with Crippen LogP contribution in [-0.4, -0.2) is 12.1 Å². The van der Waals surface area contributed by atoms with Crippen molar-refractivity contribution in [2.24, 2.45) is 17.8 Å². The Balaban J connectivity index is 1.67. The third-order valence-corrected chi connectivity index (χ3v) is 5.45. The second kappa shape index (κ2) is 9.23. The summed E-state index contributed by atoms with van der Waals surface area (Å²) in [6, 6.07) is 0. The number of hydrogen-bond acceptors (Lipinski definition) is 2. The molecule has 0 aliphatic heterocycles. The van der Waals surface area contributed by atoms with Gasteiger partial charge in [0.2, 0.25) is 0 Å². The molecule has 0 heterocycles. The zero-order chi connectivity index (χ0) is 15.8. The first-order valence-corrected chi connectivity index (χ1v) is 9.35. The number of esters is 1. The molecule has 0 amide bonds. The van der Waals surface area contributed by atoms with Crippen LogP contribution in [0.25, 0.3) is 0 Å². The van der Waals surface area contributed by atoms with Gasteiger partial charge < -0.3 is 4.74 Å². The lowest BCUT2D eigenvalue weighted by atomic mass is 9.80. The summed E-state index contributed by atoms with van der Waals surface area (Å²) in [5.41, 5.74) is 0. The fraction of sp³-hybridized carbons (Fsp3) is 0.850. The van der Waals surface area contributed by atoms with Crippen LogP contribution in [-0.2, 0) is 9.53 Å². The number of rotatable bonds is 5. The van der Waals surface area contributed by atoms with Crippen molar-refractivity contribution in [3.63, 3.8) is 0 Å². The van der Waals surface area contributed by atoms with Crippen molar-refractivity contribution in [3.05, 3.63) is 0 Å². The van der Waals surface area contributed by atoms with Gasteiger partial charge in [-0.1, -0.05) is 26.2 Å². The summed E-state index contributed by atoms with van der Waals surface area (Å²) in [4.78, 5) is 12.3. The largest absolute Gasteiger partial charge is 0.462 e. The Morgan fingerprint density at radius 3 is 2.32 bits per heavy atom. The normalized spacial score (nSPS) is 31.9. The maximum Gasteiger partial charge on any atom is 0.309 e. The highest BCUT2D eigenvalue weighted by Gasteiger charge is 2.30. The van der Waals surface area contributed by atoms with Gasteiger partial charge in [-0.05, 0) is 64.2 Å². The molecule has 2 fully saturated rings. The Morgan fingerprint density at radius 1 is 1.05 bits per heavy atom. The van der Waals surface area contributed by atoms with Crippen LogP contribution in [0, 0.1) is 29.6 Å². The van der Waals surface area contributed by atoms with Gasteiger partial charge in [0, 0.05) is 5.92 Å². The van der Waals surface area contributed by atoms with Crippen molar-refractivity contribution < 1.29 is 9.53 Å². The highest BCUT2D eigenvalue weighted by atomic mass is 16.5. The van der Waals surface area contributed by atoms with Crippen LogP contribution >= 0.6 is 0 Å². The minimum absolute atomic E-state index is 0.0824. The monoisotopic (exact) mass is 304 g/mol. The van der Waals surface area contributed by atoms with Gasteiger partial charge in [0.25, 0.3) is 0 Å². The molecule has 22 heavy (non-hydrogen) atoms. The summed E-state index contributed by atoms with van der Waals surface area (Å²) >= 11 is 0. The second-order valence-electron chi connectivity index (χ2n) is 7.16. The van der Waals surface area contributed by atoms with Crippen molar-refractivity contribution in [2.75, 3.05) is 0 Å². The van der Waals surface area contributed by atoms with Crippen molar-refractivity contribution >= 4 is 5.97 Å². The highest BCUT2D eigenvalue weighted by Crippen LogP contribution is 2.34. The molecular weight excluding hydrogens is 272 g/mol. The molecule has 2 heteroatoms. The summed E-state index contributed by atoms with van der Waals surface area (Å²) in [6.07, 6.45) is 12.8. The van der Waals surface area contributed by atoms with E-state index in [1.165, 1.54) is 32.1 Å². The predicted molar refractivity (Wildman–Crippen MR) is 90.3 cm³/mol. The Kier molecular flexibility index (Phi) is 7.30. The quantitative estimate of drug-likeness (QED) is 0.521. The Morgan fingerprint density at radius 2 is 1.73 bits per heavy atom. The van der Waals surface area contributed by atoms with E-state index in [4.69, 9.17) is 4.74 Å². The molecule has 2 aliphatic rings. The Hall–Kier alpha value is -0.970. The van der Waals surface area contributed by atoms with Crippen molar-refractivity contribution in [1.29, 1.82) is 0 Å². The first-order valence-electron chi connectivity index (χ1n) is 9.35. The molecule has 2 aliphatic carbocycles. The van der Waals surface area contributed by atoms with E-state index in [0.717, 1.165) is 44.4 Å². The van der Waals surface area contributed by atoms with Crippen LogP contribution in [0.4, 0.5) is 0 Å². The molecule has 124 valence electrons. The molecule has 0 aromatic carbocycles. The van der Waals surface area contributed by atoms with Gasteiger partial charge in [-0.15, -0.1) is 11.8 Å². The smallest absolute Gasteiger partial charge is 0.309 e. The number of carbonyl (C=O) groups excluding carboxylic acids is 1. The molecule has 0 spiro atoms. The summed E-state index contributed by atoms with van der Waals surface area (Å²) in [7, 11) is 0.